The van der Waals surface area contributed by atoms with Crippen molar-refractivity contribution in [1.29, 1.82) is 0 Å². The second-order valence-electron chi connectivity index (χ2n) is 7.13. The minimum absolute atomic E-state index is 0.0112. The molecule has 0 bridgehead atoms. The van der Waals surface area contributed by atoms with Gasteiger partial charge in [0.05, 0.1) is 11.2 Å². The van der Waals surface area contributed by atoms with Crippen LogP contribution in [0.4, 0.5) is 0 Å². The van der Waals surface area contributed by atoms with Crippen LogP contribution in [0.15, 0.2) is 58.9 Å². The van der Waals surface area contributed by atoms with E-state index in [2.05, 4.69) is 91.3 Å². The number of hydrogen-bond donors (Lipinski definition) is 0. The van der Waals surface area contributed by atoms with Gasteiger partial charge in [-0.2, -0.15) is 0 Å². The van der Waals surface area contributed by atoms with Gasteiger partial charge in [-0.25, -0.2) is 4.98 Å². The fourth-order valence-electron chi connectivity index (χ4n) is 2.22. The maximum Gasteiger partial charge on any atom is 0.0795 e. The highest BCUT2D eigenvalue weighted by Gasteiger charge is 2.05. The van der Waals surface area contributed by atoms with Gasteiger partial charge in [-0.05, 0) is 45.0 Å². The molecule has 0 aliphatic carbocycles. The van der Waals surface area contributed by atoms with Gasteiger partial charge in [-0.15, -0.1) is 11.3 Å². The second kappa shape index (κ2) is 9.36. The summed E-state index contributed by atoms with van der Waals surface area (Å²) in [6, 6.07) is 10.3. The lowest BCUT2D eigenvalue weighted by molar-refractivity contribution is 0.354. The number of aromatic nitrogens is 1. The first kappa shape index (κ1) is 19.2. The highest BCUT2D eigenvalue weighted by molar-refractivity contribution is 7.07. The summed E-state index contributed by atoms with van der Waals surface area (Å²) in [4.78, 5) is 6.62. The highest BCUT2D eigenvalue weighted by atomic mass is 32.1. The lowest BCUT2D eigenvalue weighted by Crippen LogP contribution is -2.20. The lowest BCUT2D eigenvalue weighted by atomic mass is 9.98. The van der Waals surface area contributed by atoms with Crippen LogP contribution < -0.4 is 0 Å². The van der Waals surface area contributed by atoms with Crippen LogP contribution in [0.25, 0.3) is 6.08 Å². The third-order valence-electron chi connectivity index (χ3n) is 3.36. The maximum absolute atomic E-state index is 4.36. The van der Waals surface area contributed by atoms with Crippen LogP contribution in [-0.4, -0.2) is 23.5 Å². The molecule has 2 nitrogen and oxygen atoms in total. The molecule has 3 heteroatoms. The van der Waals surface area contributed by atoms with E-state index < -0.39 is 0 Å². The number of hydrogen-bond acceptors (Lipinski definition) is 3. The molecule has 0 aliphatic heterocycles. The van der Waals surface area contributed by atoms with Crippen LogP contribution in [0.3, 0.4) is 0 Å². The minimum atomic E-state index is 0.0112. The van der Waals surface area contributed by atoms with Crippen LogP contribution in [-0.2, 0) is 6.54 Å². The van der Waals surface area contributed by atoms with Crippen molar-refractivity contribution in [3.63, 3.8) is 0 Å². The molecule has 0 saturated heterocycles. The molecular formula is C22H26N2S. The molecule has 2 aromatic rings. The highest BCUT2D eigenvalue weighted by Crippen LogP contribution is 2.12. The SMILES string of the molecule is CN(CC(/C=C/c1ccccc1)=C/C#CC(C)(C)C)Cc1cscn1. The Morgan fingerprint density at radius 2 is 2.00 bits per heavy atom. The summed E-state index contributed by atoms with van der Waals surface area (Å²) in [7, 11) is 2.11. The monoisotopic (exact) mass is 350 g/mol. The van der Waals surface area contributed by atoms with E-state index >= 15 is 0 Å². The molecule has 25 heavy (non-hydrogen) atoms. The number of thiazole rings is 1. The first-order chi connectivity index (χ1) is 11.9. The molecule has 2 rings (SSSR count). The summed E-state index contributed by atoms with van der Waals surface area (Å²) in [5.41, 5.74) is 5.39. The summed E-state index contributed by atoms with van der Waals surface area (Å²) < 4.78 is 0. The molecule has 130 valence electrons. The Bertz CT molecular complexity index is 754. The standard InChI is InChI=1S/C22H26N2S/c1-22(2,3)14-8-11-20(13-12-19-9-6-5-7-10-19)15-24(4)16-21-17-25-18-23-21/h5-7,9-13,17-18H,15-16H2,1-4H3/b13-12+,20-11+. The number of nitrogens with zero attached hydrogens (tertiary/aromatic N) is 2. The average Bonchev–Trinajstić information content (AvgIpc) is 3.05. The van der Waals surface area contributed by atoms with Gasteiger partial charge in [0.1, 0.15) is 0 Å². The van der Waals surface area contributed by atoms with Gasteiger partial charge < -0.3 is 0 Å². The fraction of sp³-hybridized carbons (Fsp3) is 0.318. The number of likely N-dealkylation sites (N-methyl/N-ethyl adjacent to an activating group) is 1. The van der Waals surface area contributed by atoms with E-state index in [4.69, 9.17) is 0 Å². The van der Waals surface area contributed by atoms with E-state index in [1.807, 2.05) is 17.7 Å². The van der Waals surface area contributed by atoms with Crippen LogP contribution >= 0.6 is 11.3 Å². The first-order valence-corrected chi connectivity index (χ1v) is 9.37. The summed E-state index contributed by atoms with van der Waals surface area (Å²) in [5.74, 6) is 6.50. The molecule has 1 heterocycles. The van der Waals surface area contributed by atoms with E-state index in [0.29, 0.717) is 0 Å². The third-order valence-corrected chi connectivity index (χ3v) is 4.00. The predicted molar refractivity (Wildman–Crippen MR) is 109 cm³/mol. The normalized spacial score (nSPS) is 12.4. The fourth-order valence-corrected chi connectivity index (χ4v) is 2.77. The smallest absolute Gasteiger partial charge is 0.0795 e. The van der Waals surface area contributed by atoms with Crippen molar-refractivity contribution in [2.24, 2.45) is 5.41 Å². The molecule has 0 fully saturated rings. The summed E-state index contributed by atoms with van der Waals surface area (Å²) in [5, 5.41) is 2.10. The Morgan fingerprint density at radius 3 is 2.64 bits per heavy atom. The van der Waals surface area contributed by atoms with Crippen molar-refractivity contribution in [1.82, 2.24) is 9.88 Å². The van der Waals surface area contributed by atoms with E-state index in [0.717, 1.165) is 18.8 Å². The Hall–Kier alpha value is -2.15. The van der Waals surface area contributed by atoms with Crippen LogP contribution in [0.2, 0.25) is 0 Å². The Morgan fingerprint density at radius 1 is 1.24 bits per heavy atom. The Balaban J connectivity index is 2.11. The first-order valence-electron chi connectivity index (χ1n) is 8.43. The van der Waals surface area contributed by atoms with Gasteiger partial charge in [-0.1, -0.05) is 54.3 Å². The maximum atomic E-state index is 4.36. The average molecular weight is 351 g/mol. The van der Waals surface area contributed by atoms with Gasteiger partial charge in [0.15, 0.2) is 0 Å². The van der Waals surface area contributed by atoms with E-state index in [-0.39, 0.29) is 5.41 Å². The van der Waals surface area contributed by atoms with Gasteiger partial charge in [0.2, 0.25) is 0 Å². The van der Waals surface area contributed by atoms with E-state index in [9.17, 15) is 0 Å². The quantitative estimate of drug-likeness (QED) is 0.521. The Kier molecular flexibility index (Phi) is 7.18. The predicted octanol–water partition coefficient (Wildman–Crippen LogP) is 5.26. The van der Waals surface area contributed by atoms with E-state index in [1.165, 1.54) is 11.1 Å². The molecule has 0 unspecified atom stereocenters. The molecule has 0 radical (unpaired) electrons. The lowest BCUT2D eigenvalue weighted by Gasteiger charge is -2.15. The van der Waals surface area contributed by atoms with Crippen molar-refractivity contribution in [2.75, 3.05) is 13.6 Å². The third kappa shape index (κ3) is 7.98. The molecule has 1 aromatic heterocycles. The molecule has 1 aromatic carbocycles. The van der Waals surface area contributed by atoms with Crippen molar-refractivity contribution >= 4 is 17.4 Å². The van der Waals surface area contributed by atoms with Gasteiger partial charge in [0, 0.05) is 23.9 Å². The van der Waals surface area contributed by atoms with Crippen molar-refractivity contribution in [3.05, 3.63) is 70.2 Å². The zero-order chi connectivity index (χ0) is 18.1. The zero-order valence-electron chi connectivity index (χ0n) is 15.5. The van der Waals surface area contributed by atoms with Crippen LogP contribution in [0.1, 0.15) is 32.0 Å². The number of benzene rings is 1. The molecule has 0 amide bonds. The molecule has 0 N–H and O–H groups in total. The largest absolute Gasteiger partial charge is 0.296 e. The second-order valence-corrected chi connectivity index (χ2v) is 7.85. The molecule has 0 aliphatic rings. The molecule has 0 saturated carbocycles. The summed E-state index contributed by atoms with van der Waals surface area (Å²) in [6.07, 6.45) is 6.33. The van der Waals surface area contributed by atoms with Crippen LogP contribution in [0.5, 0.6) is 0 Å². The topological polar surface area (TPSA) is 16.1 Å². The van der Waals surface area contributed by atoms with Gasteiger partial charge >= 0.3 is 0 Å². The Labute approximate surface area is 155 Å². The van der Waals surface area contributed by atoms with Gasteiger partial charge in [-0.3, -0.25) is 4.90 Å². The van der Waals surface area contributed by atoms with Crippen molar-refractivity contribution in [3.8, 4) is 11.8 Å². The summed E-state index contributed by atoms with van der Waals surface area (Å²) in [6.45, 7) is 8.05. The zero-order valence-corrected chi connectivity index (χ0v) is 16.3. The molecular weight excluding hydrogens is 324 g/mol. The van der Waals surface area contributed by atoms with Crippen LogP contribution in [0, 0.1) is 17.3 Å². The molecule has 0 atom stereocenters. The number of allylic oxidation sites excluding steroid dienone is 1. The van der Waals surface area contributed by atoms with Crippen molar-refractivity contribution in [2.45, 2.75) is 27.3 Å². The van der Waals surface area contributed by atoms with Crippen molar-refractivity contribution < 1.29 is 0 Å². The summed E-state index contributed by atoms with van der Waals surface area (Å²) >= 11 is 1.64. The number of rotatable bonds is 6. The van der Waals surface area contributed by atoms with Gasteiger partial charge in [0.25, 0.3) is 0 Å². The van der Waals surface area contributed by atoms with E-state index in [1.54, 1.807) is 11.3 Å². The molecule has 0 spiro atoms. The minimum Gasteiger partial charge on any atom is -0.296 e.